The lowest BCUT2D eigenvalue weighted by Gasteiger charge is -2.44. The second-order valence-corrected chi connectivity index (χ2v) is 6.58. The van der Waals surface area contributed by atoms with Gasteiger partial charge in [-0.15, -0.1) is 0 Å². The van der Waals surface area contributed by atoms with Crippen LogP contribution in [0, 0.1) is 11.3 Å². The van der Waals surface area contributed by atoms with E-state index in [0.29, 0.717) is 0 Å². The van der Waals surface area contributed by atoms with Gasteiger partial charge in [0.2, 0.25) is 0 Å². The standard InChI is InChI=1S/C15H29N/c1-14(2)6-11-16-12-9-15(10-13-16)7-4-3-5-8-15/h14H,3-13H2,1-2H3. The first kappa shape index (κ1) is 12.4. The summed E-state index contributed by atoms with van der Waals surface area (Å²) >= 11 is 0. The molecule has 0 bridgehead atoms. The Morgan fingerprint density at radius 1 is 0.938 bits per heavy atom. The van der Waals surface area contributed by atoms with E-state index in [2.05, 4.69) is 18.7 Å². The summed E-state index contributed by atoms with van der Waals surface area (Å²) in [5.74, 6) is 0.866. The third-order valence-electron chi connectivity index (χ3n) is 4.85. The van der Waals surface area contributed by atoms with E-state index in [1.165, 1.54) is 71.0 Å². The zero-order valence-corrected chi connectivity index (χ0v) is 11.3. The fraction of sp³-hybridized carbons (Fsp3) is 1.00. The van der Waals surface area contributed by atoms with E-state index in [4.69, 9.17) is 0 Å². The van der Waals surface area contributed by atoms with E-state index in [1.54, 1.807) is 0 Å². The summed E-state index contributed by atoms with van der Waals surface area (Å²) in [6.45, 7) is 8.78. The maximum Gasteiger partial charge on any atom is -0.00134 e. The molecule has 1 spiro atoms. The number of hydrogen-bond donors (Lipinski definition) is 0. The minimum Gasteiger partial charge on any atom is -0.303 e. The minimum absolute atomic E-state index is 0.784. The first-order chi connectivity index (χ1) is 7.70. The monoisotopic (exact) mass is 223 g/mol. The molecule has 0 radical (unpaired) electrons. The molecule has 1 heteroatoms. The van der Waals surface area contributed by atoms with E-state index in [1.807, 2.05) is 0 Å². The zero-order chi connectivity index (χ0) is 11.4. The first-order valence-electron chi connectivity index (χ1n) is 7.43. The molecule has 0 aromatic carbocycles. The van der Waals surface area contributed by atoms with Crippen LogP contribution < -0.4 is 0 Å². The Hall–Kier alpha value is -0.0400. The molecule has 1 aliphatic heterocycles. The maximum atomic E-state index is 2.71. The second kappa shape index (κ2) is 5.53. The van der Waals surface area contributed by atoms with Crippen LogP contribution in [0.4, 0.5) is 0 Å². The first-order valence-corrected chi connectivity index (χ1v) is 7.43. The van der Waals surface area contributed by atoms with Gasteiger partial charge in [0.1, 0.15) is 0 Å². The summed E-state index contributed by atoms with van der Waals surface area (Å²) in [6.07, 6.45) is 11.9. The lowest BCUT2D eigenvalue weighted by Crippen LogP contribution is -2.41. The lowest BCUT2D eigenvalue weighted by molar-refractivity contribution is 0.0657. The average molecular weight is 223 g/mol. The molecule has 2 rings (SSSR count). The molecule has 0 aromatic rings. The van der Waals surface area contributed by atoms with Crippen molar-refractivity contribution in [3.05, 3.63) is 0 Å². The van der Waals surface area contributed by atoms with Crippen LogP contribution in [-0.4, -0.2) is 24.5 Å². The van der Waals surface area contributed by atoms with Gasteiger partial charge in [0.25, 0.3) is 0 Å². The van der Waals surface area contributed by atoms with Gasteiger partial charge in [-0.05, 0) is 63.1 Å². The van der Waals surface area contributed by atoms with E-state index in [-0.39, 0.29) is 0 Å². The third-order valence-corrected chi connectivity index (χ3v) is 4.85. The highest BCUT2D eigenvalue weighted by Crippen LogP contribution is 2.44. The molecule has 94 valence electrons. The summed E-state index contributed by atoms with van der Waals surface area (Å²) in [5.41, 5.74) is 0.784. The molecule has 1 heterocycles. The van der Waals surface area contributed by atoms with Crippen molar-refractivity contribution < 1.29 is 0 Å². The molecule has 0 N–H and O–H groups in total. The lowest BCUT2D eigenvalue weighted by atomic mass is 9.68. The summed E-state index contributed by atoms with van der Waals surface area (Å²) in [7, 11) is 0. The number of rotatable bonds is 3. The van der Waals surface area contributed by atoms with Crippen molar-refractivity contribution in [3.63, 3.8) is 0 Å². The molecule has 0 unspecified atom stereocenters. The normalized spacial score (nSPS) is 26.4. The smallest absolute Gasteiger partial charge is 0.00134 e. The minimum atomic E-state index is 0.784. The van der Waals surface area contributed by atoms with E-state index in [0.717, 1.165) is 11.3 Å². The molecular weight excluding hydrogens is 194 g/mol. The van der Waals surface area contributed by atoms with Crippen LogP contribution in [0.2, 0.25) is 0 Å². The Morgan fingerprint density at radius 3 is 2.12 bits per heavy atom. The quantitative estimate of drug-likeness (QED) is 0.697. The number of likely N-dealkylation sites (tertiary alicyclic amines) is 1. The maximum absolute atomic E-state index is 2.71. The van der Waals surface area contributed by atoms with Crippen LogP contribution in [0.25, 0.3) is 0 Å². The van der Waals surface area contributed by atoms with Crippen LogP contribution in [0.3, 0.4) is 0 Å². The van der Waals surface area contributed by atoms with Crippen molar-refractivity contribution in [1.82, 2.24) is 4.90 Å². The topological polar surface area (TPSA) is 3.24 Å². The van der Waals surface area contributed by atoms with E-state index in [9.17, 15) is 0 Å². The number of nitrogens with zero attached hydrogens (tertiary/aromatic N) is 1. The van der Waals surface area contributed by atoms with Gasteiger partial charge < -0.3 is 4.90 Å². The third kappa shape index (κ3) is 3.23. The van der Waals surface area contributed by atoms with Gasteiger partial charge in [-0.1, -0.05) is 33.1 Å². The molecule has 1 saturated heterocycles. The van der Waals surface area contributed by atoms with Crippen LogP contribution in [0.5, 0.6) is 0 Å². The highest BCUT2D eigenvalue weighted by Gasteiger charge is 2.35. The van der Waals surface area contributed by atoms with Gasteiger partial charge in [0.05, 0.1) is 0 Å². The van der Waals surface area contributed by atoms with Crippen LogP contribution in [-0.2, 0) is 0 Å². The summed E-state index contributed by atoms with van der Waals surface area (Å²) in [6, 6.07) is 0. The zero-order valence-electron chi connectivity index (χ0n) is 11.3. The Balaban J connectivity index is 1.73. The Morgan fingerprint density at radius 2 is 1.56 bits per heavy atom. The van der Waals surface area contributed by atoms with Crippen molar-refractivity contribution in [1.29, 1.82) is 0 Å². The van der Waals surface area contributed by atoms with Gasteiger partial charge in [0.15, 0.2) is 0 Å². The summed E-state index contributed by atoms with van der Waals surface area (Å²) in [5, 5.41) is 0. The Bertz CT molecular complexity index is 193. The van der Waals surface area contributed by atoms with Crippen LogP contribution in [0.1, 0.15) is 65.2 Å². The molecule has 2 aliphatic rings. The fourth-order valence-corrected chi connectivity index (χ4v) is 3.49. The SMILES string of the molecule is CC(C)CCN1CCC2(CCCCC2)CC1. The fourth-order valence-electron chi connectivity index (χ4n) is 3.49. The number of piperidine rings is 1. The summed E-state index contributed by atoms with van der Waals surface area (Å²) < 4.78 is 0. The molecule has 1 nitrogen and oxygen atoms in total. The van der Waals surface area contributed by atoms with Crippen molar-refractivity contribution in [2.24, 2.45) is 11.3 Å². The highest BCUT2D eigenvalue weighted by molar-refractivity contribution is 4.88. The van der Waals surface area contributed by atoms with Crippen molar-refractivity contribution in [2.45, 2.75) is 65.2 Å². The molecule has 0 aromatic heterocycles. The van der Waals surface area contributed by atoms with Crippen molar-refractivity contribution in [2.75, 3.05) is 19.6 Å². The second-order valence-electron chi connectivity index (χ2n) is 6.58. The Labute approximate surface area is 102 Å². The van der Waals surface area contributed by atoms with Gasteiger partial charge >= 0.3 is 0 Å². The molecule has 0 atom stereocenters. The van der Waals surface area contributed by atoms with E-state index >= 15 is 0 Å². The van der Waals surface area contributed by atoms with Gasteiger partial charge in [0, 0.05) is 0 Å². The summed E-state index contributed by atoms with van der Waals surface area (Å²) in [4.78, 5) is 2.71. The van der Waals surface area contributed by atoms with E-state index < -0.39 is 0 Å². The molecular formula is C15H29N. The number of hydrogen-bond acceptors (Lipinski definition) is 1. The van der Waals surface area contributed by atoms with Crippen molar-refractivity contribution in [3.8, 4) is 0 Å². The van der Waals surface area contributed by atoms with Gasteiger partial charge in [-0.2, -0.15) is 0 Å². The van der Waals surface area contributed by atoms with Gasteiger partial charge in [-0.25, -0.2) is 0 Å². The Kier molecular flexibility index (Phi) is 4.29. The molecule has 1 aliphatic carbocycles. The largest absolute Gasteiger partial charge is 0.303 e. The van der Waals surface area contributed by atoms with Gasteiger partial charge in [-0.3, -0.25) is 0 Å². The molecule has 2 fully saturated rings. The predicted octanol–water partition coefficient (Wildman–Crippen LogP) is 4.08. The van der Waals surface area contributed by atoms with Crippen molar-refractivity contribution >= 4 is 0 Å². The molecule has 1 saturated carbocycles. The highest BCUT2D eigenvalue weighted by atomic mass is 15.1. The molecule has 0 amide bonds. The van der Waals surface area contributed by atoms with Crippen LogP contribution >= 0.6 is 0 Å². The predicted molar refractivity (Wildman–Crippen MR) is 70.6 cm³/mol. The molecule has 16 heavy (non-hydrogen) atoms. The van der Waals surface area contributed by atoms with Crippen LogP contribution in [0.15, 0.2) is 0 Å². The average Bonchev–Trinajstić information content (AvgIpc) is 2.29.